The van der Waals surface area contributed by atoms with Gasteiger partial charge in [0.2, 0.25) is 17.7 Å². The highest BCUT2D eigenvalue weighted by Crippen LogP contribution is 2.65. The van der Waals surface area contributed by atoms with E-state index in [1.807, 2.05) is 45.0 Å². The van der Waals surface area contributed by atoms with E-state index in [4.69, 9.17) is 4.74 Å². The third-order valence-electron chi connectivity index (χ3n) is 9.28. The summed E-state index contributed by atoms with van der Waals surface area (Å²) in [7, 11) is 0. The van der Waals surface area contributed by atoms with E-state index in [0.29, 0.717) is 31.9 Å². The summed E-state index contributed by atoms with van der Waals surface area (Å²) >= 11 is 0. The van der Waals surface area contributed by atoms with Crippen molar-refractivity contribution in [2.24, 2.45) is 28.6 Å². The van der Waals surface area contributed by atoms with E-state index in [1.165, 1.54) is 0 Å². The van der Waals surface area contributed by atoms with Crippen LogP contribution in [0.1, 0.15) is 65.6 Å². The molecule has 5 rings (SSSR count). The molecular weight excluding hydrogens is 520 g/mol. The lowest BCUT2D eigenvalue weighted by Gasteiger charge is -2.38. The van der Waals surface area contributed by atoms with E-state index in [2.05, 4.69) is 40.7 Å². The van der Waals surface area contributed by atoms with Gasteiger partial charge in [-0.05, 0) is 41.4 Å². The summed E-state index contributed by atoms with van der Waals surface area (Å²) in [6.07, 6.45) is 3.62. The minimum absolute atomic E-state index is 0.0389. The molecule has 1 aromatic carbocycles. The lowest BCUT2D eigenvalue weighted by atomic mass is 9.84. The summed E-state index contributed by atoms with van der Waals surface area (Å²) in [4.78, 5) is 42.8. The van der Waals surface area contributed by atoms with Gasteiger partial charge in [-0.15, -0.1) is 0 Å². The molecule has 1 aromatic heterocycles. The predicted molar refractivity (Wildman–Crippen MR) is 152 cm³/mol. The Bertz CT molecular complexity index is 1370. The van der Waals surface area contributed by atoms with Crippen LogP contribution in [0.15, 0.2) is 30.5 Å². The molecule has 3 heterocycles. The molecule has 0 spiro atoms. The van der Waals surface area contributed by atoms with Gasteiger partial charge >= 0.3 is 0 Å². The van der Waals surface area contributed by atoms with Gasteiger partial charge in [0, 0.05) is 37.0 Å². The molecule has 218 valence electrons. The second-order valence-electron chi connectivity index (χ2n) is 13.4. The first-order chi connectivity index (χ1) is 19.4. The third-order valence-corrected chi connectivity index (χ3v) is 9.28. The molecule has 2 aromatic rings. The van der Waals surface area contributed by atoms with Crippen LogP contribution in [0, 0.1) is 39.9 Å². The second-order valence-corrected chi connectivity index (χ2v) is 13.4. The molecule has 3 fully saturated rings. The maximum atomic E-state index is 14.1. The molecule has 3 amide bonds. The number of fused-ring (bicyclic) bond motifs is 2. The number of nitrogens with zero attached hydrogens (tertiary/aromatic N) is 4. The Morgan fingerprint density at radius 1 is 1.17 bits per heavy atom. The summed E-state index contributed by atoms with van der Waals surface area (Å²) in [5.41, 5.74) is -0.308. The molecule has 10 heteroatoms. The first-order valence-corrected chi connectivity index (χ1v) is 14.5. The number of aromatic nitrogens is 2. The average Bonchev–Trinajstić information content (AvgIpc) is 3.26. The van der Waals surface area contributed by atoms with Crippen molar-refractivity contribution in [1.29, 1.82) is 5.26 Å². The summed E-state index contributed by atoms with van der Waals surface area (Å²) in [6, 6.07) is 7.04. The number of likely N-dealkylation sites (tertiary alicyclic amines) is 1. The molecule has 1 saturated carbocycles. The van der Waals surface area contributed by atoms with Crippen molar-refractivity contribution >= 4 is 28.5 Å². The topological polar surface area (TPSA) is 137 Å². The highest BCUT2D eigenvalue weighted by Gasteiger charge is 2.69. The lowest BCUT2D eigenvalue weighted by Crippen LogP contribution is -2.59. The van der Waals surface area contributed by atoms with Gasteiger partial charge in [0.1, 0.15) is 17.8 Å². The molecule has 1 aliphatic carbocycles. The van der Waals surface area contributed by atoms with Crippen LogP contribution in [-0.2, 0) is 19.1 Å². The fourth-order valence-corrected chi connectivity index (χ4v) is 6.71. The van der Waals surface area contributed by atoms with Crippen molar-refractivity contribution in [3.05, 3.63) is 36.2 Å². The van der Waals surface area contributed by atoms with Gasteiger partial charge < -0.3 is 20.3 Å². The van der Waals surface area contributed by atoms with E-state index >= 15 is 0 Å². The summed E-state index contributed by atoms with van der Waals surface area (Å²) in [5.74, 6) is -0.451. The average molecular weight is 561 g/mol. The molecule has 2 saturated heterocycles. The van der Waals surface area contributed by atoms with Crippen molar-refractivity contribution in [3.63, 3.8) is 0 Å². The number of piperidine rings is 1. The molecule has 10 nitrogen and oxygen atoms in total. The van der Waals surface area contributed by atoms with Crippen LogP contribution in [0.2, 0.25) is 0 Å². The molecule has 2 N–H and O–H groups in total. The van der Waals surface area contributed by atoms with Crippen molar-refractivity contribution in [1.82, 2.24) is 25.7 Å². The van der Waals surface area contributed by atoms with Crippen LogP contribution in [0.4, 0.5) is 0 Å². The van der Waals surface area contributed by atoms with Gasteiger partial charge in [-0.3, -0.25) is 14.4 Å². The minimum Gasteiger partial charge on any atom is -0.381 e. The number of nitriles is 1. The zero-order valence-electron chi connectivity index (χ0n) is 24.5. The number of hydrogen-bond acceptors (Lipinski definition) is 7. The zero-order chi connectivity index (χ0) is 29.5. The van der Waals surface area contributed by atoms with Crippen molar-refractivity contribution in [3.8, 4) is 6.07 Å². The van der Waals surface area contributed by atoms with Gasteiger partial charge in [-0.2, -0.15) is 15.5 Å². The minimum atomic E-state index is -1.03. The summed E-state index contributed by atoms with van der Waals surface area (Å²) in [5, 5.41) is 25.7. The van der Waals surface area contributed by atoms with Crippen LogP contribution in [0.25, 0.3) is 10.8 Å². The van der Waals surface area contributed by atoms with Crippen LogP contribution in [-0.4, -0.2) is 64.7 Å². The number of carbonyl (C=O) groups excluding carboxylic acids is 3. The van der Waals surface area contributed by atoms with Crippen molar-refractivity contribution in [2.45, 2.75) is 72.0 Å². The number of rotatable bonds is 7. The molecule has 5 atom stereocenters. The summed E-state index contributed by atoms with van der Waals surface area (Å²) in [6.45, 7) is 11.7. The third kappa shape index (κ3) is 5.65. The quantitative estimate of drug-likeness (QED) is 0.531. The lowest BCUT2D eigenvalue weighted by molar-refractivity contribution is -0.145. The zero-order valence-corrected chi connectivity index (χ0v) is 24.5. The molecule has 41 heavy (non-hydrogen) atoms. The smallest absolute Gasteiger partial charge is 0.246 e. The van der Waals surface area contributed by atoms with Crippen LogP contribution in [0.5, 0.6) is 0 Å². The van der Waals surface area contributed by atoms with Gasteiger partial charge in [-0.1, -0.05) is 58.9 Å². The molecule has 0 bridgehead atoms. The van der Waals surface area contributed by atoms with Gasteiger partial charge in [-0.25, -0.2) is 0 Å². The van der Waals surface area contributed by atoms with Gasteiger partial charge in [0.25, 0.3) is 0 Å². The maximum absolute atomic E-state index is 14.1. The molecular formula is C31H40N6O4. The Balaban J connectivity index is 1.36. The predicted octanol–water partition coefficient (Wildman–Crippen LogP) is 3.14. The van der Waals surface area contributed by atoms with E-state index in [0.717, 1.165) is 23.6 Å². The Morgan fingerprint density at radius 3 is 2.56 bits per heavy atom. The van der Waals surface area contributed by atoms with E-state index in [-0.39, 0.29) is 40.9 Å². The van der Waals surface area contributed by atoms with Crippen LogP contribution < -0.4 is 10.6 Å². The summed E-state index contributed by atoms with van der Waals surface area (Å²) < 4.78 is 5.41. The van der Waals surface area contributed by atoms with Gasteiger partial charge in [0.05, 0.1) is 12.3 Å². The number of nitrogens with one attached hydrogen (secondary N) is 2. The SMILES string of the molecule is CC(C)(C)[C@H](NC(=O)CC1CCOCC1)C(=O)N1C[C@H]2[C@@H]([C@H]1C(=O)NC(C#N)c1nncc3ccccc13)C2(C)C. The first kappa shape index (κ1) is 28.9. The Labute approximate surface area is 241 Å². The van der Waals surface area contributed by atoms with Crippen molar-refractivity contribution < 1.29 is 19.1 Å². The normalized spacial score (nSPS) is 25.1. The van der Waals surface area contributed by atoms with E-state index < -0.39 is 23.5 Å². The highest BCUT2D eigenvalue weighted by atomic mass is 16.5. The Hall–Kier alpha value is -3.58. The fraction of sp³-hybridized carbons (Fsp3) is 0.613. The Kier molecular flexibility index (Phi) is 7.77. The number of carbonyl (C=O) groups is 3. The molecule has 3 aliphatic rings. The van der Waals surface area contributed by atoms with Crippen LogP contribution >= 0.6 is 0 Å². The monoisotopic (exact) mass is 560 g/mol. The maximum Gasteiger partial charge on any atom is 0.246 e. The van der Waals surface area contributed by atoms with Crippen molar-refractivity contribution in [2.75, 3.05) is 19.8 Å². The standard InChI is InChI=1S/C31H40N6O4/c1-30(2,3)27(35-23(38)14-18-10-12-41-13-11-18)29(40)37-17-21-24(31(21,4)5)26(37)28(39)34-22(15-32)25-20-9-7-6-8-19(20)16-33-36-25/h6-9,16,18,21-22,24,26-27H,10-14,17H2,1-5H3,(H,34,39)(H,35,38)/t21-,22?,24-,26-,27+/m0/s1. The van der Waals surface area contributed by atoms with E-state index in [1.54, 1.807) is 11.1 Å². The largest absolute Gasteiger partial charge is 0.381 e. The fourth-order valence-electron chi connectivity index (χ4n) is 6.71. The first-order valence-electron chi connectivity index (χ1n) is 14.5. The number of hydrogen-bond donors (Lipinski definition) is 2. The number of amides is 3. The molecule has 2 aliphatic heterocycles. The van der Waals surface area contributed by atoms with E-state index in [9.17, 15) is 19.6 Å². The molecule has 1 unspecified atom stereocenters. The molecule has 0 radical (unpaired) electrons. The van der Waals surface area contributed by atoms with Gasteiger partial charge in [0.15, 0.2) is 6.04 Å². The Morgan fingerprint density at radius 2 is 1.88 bits per heavy atom. The number of ether oxygens (including phenoxy) is 1. The number of benzene rings is 1. The highest BCUT2D eigenvalue weighted by molar-refractivity contribution is 5.94. The second kappa shape index (κ2) is 11.0. The van der Waals surface area contributed by atoms with Crippen LogP contribution in [0.3, 0.4) is 0 Å².